The van der Waals surface area contributed by atoms with Gasteiger partial charge in [-0.2, -0.15) is 5.10 Å². The summed E-state index contributed by atoms with van der Waals surface area (Å²) in [6.07, 6.45) is 5.17. The molecule has 1 amide bonds. The van der Waals surface area contributed by atoms with Crippen LogP contribution in [0.25, 0.3) is 6.08 Å². The van der Waals surface area contributed by atoms with Crippen molar-refractivity contribution in [2.24, 2.45) is 5.10 Å². The molecule has 0 aromatic heterocycles. The molecule has 0 heterocycles. The zero-order valence-electron chi connectivity index (χ0n) is 11.8. The second-order valence-corrected chi connectivity index (χ2v) is 5.16. The average Bonchev–Trinajstić information content (AvgIpc) is 2.55. The highest BCUT2D eigenvalue weighted by molar-refractivity contribution is 9.10. The first kappa shape index (κ1) is 16.0. The monoisotopic (exact) mass is 358 g/mol. The van der Waals surface area contributed by atoms with Crippen LogP contribution in [0.3, 0.4) is 0 Å². The Balaban J connectivity index is 1.73. The molecule has 112 valence electrons. The molecule has 2 aromatic carbocycles. The van der Waals surface area contributed by atoms with Crippen molar-refractivity contribution in [1.82, 2.24) is 5.43 Å². The van der Waals surface area contributed by atoms with Crippen LogP contribution >= 0.6 is 15.9 Å². The maximum absolute atomic E-state index is 11.6. The van der Waals surface area contributed by atoms with Gasteiger partial charge in [-0.05, 0) is 39.7 Å². The average molecular weight is 359 g/mol. The molecule has 5 heteroatoms. The number of carbonyl (C=O) groups excluding carboxylic acids is 1. The molecule has 2 rings (SSSR count). The van der Waals surface area contributed by atoms with Gasteiger partial charge in [0.15, 0.2) is 6.61 Å². The highest BCUT2D eigenvalue weighted by Crippen LogP contribution is 2.23. The van der Waals surface area contributed by atoms with Crippen molar-refractivity contribution in [1.29, 1.82) is 0 Å². The van der Waals surface area contributed by atoms with Gasteiger partial charge in [0.25, 0.3) is 5.91 Å². The van der Waals surface area contributed by atoms with Crippen molar-refractivity contribution < 1.29 is 9.53 Å². The van der Waals surface area contributed by atoms with Gasteiger partial charge in [0.1, 0.15) is 5.75 Å². The zero-order valence-corrected chi connectivity index (χ0v) is 13.4. The van der Waals surface area contributed by atoms with Crippen LogP contribution in [0.15, 0.2) is 70.2 Å². The number of hydrogen-bond acceptors (Lipinski definition) is 3. The van der Waals surface area contributed by atoms with Gasteiger partial charge in [-0.25, -0.2) is 5.43 Å². The number of rotatable bonds is 6. The molecule has 0 aliphatic carbocycles. The number of carbonyl (C=O) groups is 1. The third-order valence-electron chi connectivity index (χ3n) is 2.63. The van der Waals surface area contributed by atoms with E-state index < -0.39 is 0 Å². The molecular formula is C17H15BrN2O2. The summed E-state index contributed by atoms with van der Waals surface area (Å²) in [5.41, 5.74) is 3.46. The molecule has 4 nitrogen and oxygen atoms in total. The number of halogens is 1. The molecule has 0 unspecified atom stereocenters. The fourth-order valence-corrected chi connectivity index (χ4v) is 2.01. The molecule has 0 radical (unpaired) electrons. The lowest BCUT2D eigenvalue weighted by molar-refractivity contribution is -0.123. The van der Waals surface area contributed by atoms with E-state index in [9.17, 15) is 4.79 Å². The lowest BCUT2D eigenvalue weighted by Crippen LogP contribution is -2.24. The van der Waals surface area contributed by atoms with Crippen LogP contribution in [-0.4, -0.2) is 18.7 Å². The predicted octanol–water partition coefficient (Wildman–Crippen LogP) is 3.64. The standard InChI is InChI=1S/C17H15BrN2O2/c18-15-10-4-5-11-16(15)22-13-17(21)20-19-12-6-9-14-7-2-1-3-8-14/h1-12H,13H2,(H,20,21)/b9-6+,19-12-. The first-order valence-electron chi connectivity index (χ1n) is 6.66. The molecule has 0 saturated heterocycles. The van der Waals surface area contributed by atoms with Gasteiger partial charge in [0.2, 0.25) is 0 Å². The fraction of sp³-hybridized carbons (Fsp3) is 0.0588. The van der Waals surface area contributed by atoms with Crippen LogP contribution in [0.1, 0.15) is 5.56 Å². The third-order valence-corrected chi connectivity index (χ3v) is 3.29. The summed E-state index contributed by atoms with van der Waals surface area (Å²) in [5, 5.41) is 3.82. The van der Waals surface area contributed by atoms with E-state index in [-0.39, 0.29) is 12.5 Å². The number of hydrazone groups is 1. The third kappa shape index (κ3) is 5.54. The Bertz CT molecular complexity index is 669. The predicted molar refractivity (Wildman–Crippen MR) is 91.7 cm³/mol. The quantitative estimate of drug-likeness (QED) is 0.632. The van der Waals surface area contributed by atoms with Crippen LogP contribution < -0.4 is 10.2 Å². The lowest BCUT2D eigenvalue weighted by Gasteiger charge is -2.06. The zero-order chi connectivity index (χ0) is 15.6. The summed E-state index contributed by atoms with van der Waals surface area (Å²) in [6, 6.07) is 17.2. The number of hydrogen-bond donors (Lipinski definition) is 1. The van der Waals surface area contributed by atoms with Crippen LogP contribution in [-0.2, 0) is 4.79 Å². The molecule has 22 heavy (non-hydrogen) atoms. The van der Waals surface area contributed by atoms with Gasteiger partial charge in [-0.15, -0.1) is 0 Å². The second-order valence-electron chi connectivity index (χ2n) is 4.30. The molecule has 0 spiro atoms. The maximum atomic E-state index is 11.6. The highest BCUT2D eigenvalue weighted by Gasteiger charge is 2.03. The van der Waals surface area contributed by atoms with E-state index >= 15 is 0 Å². The van der Waals surface area contributed by atoms with Crippen LogP contribution in [0.2, 0.25) is 0 Å². The molecule has 0 bridgehead atoms. The van der Waals surface area contributed by atoms with E-state index in [0.29, 0.717) is 5.75 Å². The number of amides is 1. The van der Waals surface area contributed by atoms with Crippen LogP contribution in [0, 0.1) is 0 Å². The number of ether oxygens (including phenoxy) is 1. The maximum Gasteiger partial charge on any atom is 0.277 e. The number of nitrogens with zero attached hydrogens (tertiary/aromatic N) is 1. The molecule has 0 aliphatic heterocycles. The summed E-state index contributed by atoms with van der Waals surface area (Å²) < 4.78 is 6.18. The SMILES string of the molecule is O=C(COc1ccccc1Br)N/N=C\C=C\c1ccccc1. The van der Waals surface area contributed by atoms with Crippen molar-refractivity contribution in [2.75, 3.05) is 6.61 Å². The first-order valence-corrected chi connectivity index (χ1v) is 7.46. The summed E-state index contributed by atoms with van der Waals surface area (Å²) in [4.78, 5) is 11.6. The minimum absolute atomic E-state index is 0.0949. The Morgan fingerprint density at radius 3 is 2.64 bits per heavy atom. The Morgan fingerprint density at radius 1 is 1.14 bits per heavy atom. The number of allylic oxidation sites excluding steroid dienone is 1. The number of benzene rings is 2. The van der Waals surface area contributed by atoms with E-state index in [1.807, 2.05) is 54.6 Å². The minimum atomic E-state index is -0.319. The van der Waals surface area contributed by atoms with Gasteiger partial charge >= 0.3 is 0 Å². The summed E-state index contributed by atoms with van der Waals surface area (Å²) >= 11 is 3.35. The van der Waals surface area contributed by atoms with E-state index in [1.54, 1.807) is 12.1 Å². The largest absolute Gasteiger partial charge is 0.483 e. The topological polar surface area (TPSA) is 50.7 Å². The first-order chi connectivity index (χ1) is 10.8. The van der Waals surface area contributed by atoms with Gasteiger partial charge in [-0.1, -0.05) is 48.5 Å². The number of para-hydroxylation sites is 1. The summed E-state index contributed by atoms with van der Waals surface area (Å²) in [7, 11) is 0. The lowest BCUT2D eigenvalue weighted by atomic mass is 10.2. The molecule has 0 fully saturated rings. The van der Waals surface area contributed by atoms with Crippen molar-refractivity contribution in [3.63, 3.8) is 0 Å². The van der Waals surface area contributed by atoms with Crippen molar-refractivity contribution in [3.05, 3.63) is 70.7 Å². The highest BCUT2D eigenvalue weighted by atomic mass is 79.9. The Labute approximate surface area is 137 Å². The molecule has 0 aliphatic rings. The van der Waals surface area contributed by atoms with Crippen molar-refractivity contribution in [2.45, 2.75) is 0 Å². The van der Waals surface area contributed by atoms with Gasteiger partial charge in [-0.3, -0.25) is 4.79 Å². The Kier molecular flexibility index (Phi) is 6.39. The minimum Gasteiger partial charge on any atom is -0.483 e. The van der Waals surface area contributed by atoms with E-state index in [4.69, 9.17) is 4.74 Å². The molecule has 2 aromatic rings. The summed E-state index contributed by atoms with van der Waals surface area (Å²) in [6.45, 7) is -0.0949. The van der Waals surface area contributed by atoms with E-state index in [0.717, 1.165) is 10.0 Å². The van der Waals surface area contributed by atoms with Crippen molar-refractivity contribution in [3.8, 4) is 5.75 Å². The summed E-state index contributed by atoms with van der Waals surface area (Å²) in [5.74, 6) is 0.297. The molecular weight excluding hydrogens is 344 g/mol. The van der Waals surface area contributed by atoms with Gasteiger partial charge in [0.05, 0.1) is 4.47 Å². The van der Waals surface area contributed by atoms with Crippen molar-refractivity contribution >= 4 is 34.1 Å². The van der Waals surface area contributed by atoms with Gasteiger partial charge < -0.3 is 4.74 Å². The van der Waals surface area contributed by atoms with Crippen LogP contribution in [0.4, 0.5) is 0 Å². The Morgan fingerprint density at radius 2 is 1.86 bits per heavy atom. The van der Waals surface area contributed by atoms with Gasteiger partial charge in [0, 0.05) is 6.21 Å². The fourth-order valence-electron chi connectivity index (χ4n) is 1.61. The second kappa shape index (κ2) is 8.79. The Hall–Kier alpha value is -2.40. The van der Waals surface area contributed by atoms with E-state index in [2.05, 4.69) is 26.5 Å². The number of nitrogens with one attached hydrogen (secondary N) is 1. The van der Waals surface area contributed by atoms with Crippen LogP contribution in [0.5, 0.6) is 5.75 Å². The smallest absolute Gasteiger partial charge is 0.277 e. The molecule has 1 N–H and O–H groups in total. The van der Waals surface area contributed by atoms with E-state index in [1.165, 1.54) is 6.21 Å². The molecule has 0 atom stereocenters. The normalized spacial score (nSPS) is 11.0. The molecule has 0 saturated carbocycles.